The molecule has 1 N–H and O–H groups in total. The van der Waals surface area contributed by atoms with Crippen LogP contribution in [0.5, 0.6) is 5.75 Å². The van der Waals surface area contributed by atoms with Gasteiger partial charge >= 0.3 is 11.9 Å². The molecule has 0 bridgehead atoms. The first kappa shape index (κ1) is 13.4. The van der Waals surface area contributed by atoms with E-state index in [1.54, 1.807) is 13.0 Å². The van der Waals surface area contributed by atoms with Crippen molar-refractivity contribution < 1.29 is 24.2 Å². The van der Waals surface area contributed by atoms with Gasteiger partial charge in [-0.2, -0.15) is 0 Å². The summed E-state index contributed by atoms with van der Waals surface area (Å²) in [6, 6.07) is 3.58. The highest BCUT2D eigenvalue weighted by atomic mass is 16.5. The summed E-state index contributed by atoms with van der Waals surface area (Å²) in [7, 11) is 2.47. The fourth-order valence-electron chi connectivity index (χ4n) is 2.61. The molecule has 0 saturated heterocycles. The summed E-state index contributed by atoms with van der Waals surface area (Å²) in [5.74, 6) is -1.13. The highest BCUT2D eigenvalue weighted by Gasteiger charge is 2.53. The Bertz CT molecular complexity index is 531. The first-order chi connectivity index (χ1) is 8.96. The Balaban J connectivity index is 2.51. The number of hydrogen-bond acceptors (Lipinski definition) is 5. The number of phenolic OH excluding ortho intramolecular Hbond substituents is 1. The molecule has 19 heavy (non-hydrogen) atoms. The summed E-state index contributed by atoms with van der Waals surface area (Å²) in [5.41, 5.74) is 0.732. The number of benzene rings is 1. The summed E-state index contributed by atoms with van der Waals surface area (Å²) in [5, 5.41) is 10.1. The monoisotopic (exact) mass is 264 g/mol. The lowest BCUT2D eigenvalue weighted by atomic mass is 9.85. The molecule has 5 heteroatoms. The highest BCUT2D eigenvalue weighted by molar-refractivity contribution is 6.01. The number of ether oxygens (including phenoxy) is 2. The molecule has 0 amide bonds. The molecule has 102 valence electrons. The van der Waals surface area contributed by atoms with Crippen LogP contribution < -0.4 is 0 Å². The van der Waals surface area contributed by atoms with E-state index in [9.17, 15) is 14.7 Å². The zero-order valence-corrected chi connectivity index (χ0v) is 11.1. The molecule has 1 aromatic rings. The summed E-state index contributed by atoms with van der Waals surface area (Å²) < 4.78 is 9.48. The lowest BCUT2D eigenvalue weighted by Crippen LogP contribution is -2.42. The molecule has 0 saturated carbocycles. The van der Waals surface area contributed by atoms with Gasteiger partial charge in [0.1, 0.15) is 5.75 Å². The second-order valence-electron chi connectivity index (χ2n) is 4.79. The van der Waals surface area contributed by atoms with Crippen LogP contribution in [0.3, 0.4) is 0 Å². The van der Waals surface area contributed by atoms with Crippen LogP contribution in [0.4, 0.5) is 0 Å². The average molecular weight is 264 g/mol. The van der Waals surface area contributed by atoms with Crippen molar-refractivity contribution >= 4 is 11.9 Å². The van der Waals surface area contributed by atoms with Crippen LogP contribution in [-0.4, -0.2) is 31.3 Å². The van der Waals surface area contributed by atoms with Crippen LogP contribution in [-0.2, 0) is 31.9 Å². The highest BCUT2D eigenvalue weighted by Crippen LogP contribution is 2.43. The fraction of sp³-hybridized carbons (Fsp3) is 0.429. The Hall–Kier alpha value is -2.04. The van der Waals surface area contributed by atoms with Gasteiger partial charge < -0.3 is 14.6 Å². The first-order valence-corrected chi connectivity index (χ1v) is 5.93. The average Bonchev–Trinajstić information content (AvgIpc) is 2.82. The minimum atomic E-state index is -1.38. The van der Waals surface area contributed by atoms with Crippen LogP contribution in [0.15, 0.2) is 12.1 Å². The van der Waals surface area contributed by atoms with Crippen molar-refractivity contribution in [3.8, 4) is 5.75 Å². The number of aromatic hydroxyl groups is 1. The largest absolute Gasteiger partial charge is 0.507 e. The third-order valence-electron chi connectivity index (χ3n) is 3.70. The molecule has 2 rings (SSSR count). The molecule has 0 atom stereocenters. The van der Waals surface area contributed by atoms with E-state index in [0.29, 0.717) is 11.1 Å². The molecule has 1 aromatic carbocycles. The minimum absolute atomic E-state index is 0.106. The molecule has 0 radical (unpaired) electrons. The van der Waals surface area contributed by atoms with Crippen LogP contribution in [0, 0.1) is 12.3 Å². The van der Waals surface area contributed by atoms with Crippen molar-refractivity contribution in [2.45, 2.75) is 19.8 Å². The number of esters is 2. The Morgan fingerprint density at radius 2 is 1.74 bits per heavy atom. The van der Waals surface area contributed by atoms with Crippen LogP contribution in [0.2, 0.25) is 0 Å². The number of hydrogen-bond donors (Lipinski definition) is 1. The summed E-state index contributed by atoms with van der Waals surface area (Å²) in [6.07, 6.45) is 0.296. The van der Waals surface area contributed by atoms with Crippen molar-refractivity contribution in [1.82, 2.24) is 0 Å². The summed E-state index contributed by atoms with van der Waals surface area (Å²) in [4.78, 5) is 24.0. The maximum Gasteiger partial charge on any atom is 0.323 e. The van der Waals surface area contributed by atoms with E-state index in [2.05, 4.69) is 0 Å². The van der Waals surface area contributed by atoms with E-state index in [4.69, 9.17) is 9.47 Å². The molecule has 5 nitrogen and oxygen atoms in total. The van der Waals surface area contributed by atoms with Gasteiger partial charge in [0, 0.05) is 6.42 Å². The van der Waals surface area contributed by atoms with Crippen molar-refractivity contribution in [1.29, 1.82) is 0 Å². The van der Waals surface area contributed by atoms with E-state index in [1.165, 1.54) is 14.2 Å². The zero-order valence-electron chi connectivity index (χ0n) is 11.1. The van der Waals surface area contributed by atoms with Crippen LogP contribution >= 0.6 is 0 Å². The first-order valence-electron chi connectivity index (χ1n) is 5.93. The van der Waals surface area contributed by atoms with E-state index in [-0.39, 0.29) is 18.6 Å². The van der Waals surface area contributed by atoms with Gasteiger partial charge in [-0.1, -0.05) is 12.1 Å². The van der Waals surface area contributed by atoms with Crippen molar-refractivity contribution in [2.75, 3.05) is 14.2 Å². The molecule has 0 heterocycles. The maximum atomic E-state index is 12.0. The van der Waals surface area contributed by atoms with Gasteiger partial charge in [0.15, 0.2) is 5.41 Å². The van der Waals surface area contributed by atoms with E-state index >= 15 is 0 Å². The quantitative estimate of drug-likeness (QED) is 0.640. The molecule has 0 aromatic heterocycles. The van der Waals surface area contributed by atoms with Crippen molar-refractivity contribution in [2.24, 2.45) is 5.41 Å². The van der Waals surface area contributed by atoms with Gasteiger partial charge in [-0.3, -0.25) is 9.59 Å². The van der Waals surface area contributed by atoms with Crippen molar-refractivity contribution in [3.05, 3.63) is 28.8 Å². The number of phenols is 1. The molecule has 1 aliphatic rings. The Kier molecular flexibility index (Phi) is 3.22. The Morgan fingerprint density at radius 1 is 1.16 bits per heavy atom. The van der Waals surface area contributed by atoms with Crippen LogP contribution in [0.25, 0.3) is 0 Å². The van der Waals surface area contributed by atoms with Gasteiger partial charge in [-0.05, 0) is 30.0 Å². The van der Waals surface area contributed by atoms with Gasteiger partial charge in [0.05, 0.1) is 14.2 Å². The molecule has 1 aliphatic carbocycles. The molecular formula is C14H16O5. The fourth-order valence-corrected chi connectivity index (χ4v) is 2.61. The van der Waals surface area contributed by atoms with Crippen molar-refractivity contribution in [3.63, 3.8) is 0 Å². The number of methoxy groups -OCH3 is 2. The lowest BCUT2D eigenvalue weighted by molar-refractivity contribution is -0.168. The van der Waals surface area contributed by atoms with Crippen LogP contribution in [0.1, 0.15) is 16.7 Å². The zero-order chi connectivity index (χ0) is 14.2. The predicted octanol–water partition coefficient (Wildman–Crippen LogP) is 1.13. The maximum absolute atomic E-state index is 12.0. The molecule has 0 fully saturated rings. The molecule has 0 unspecified atom stereocenters. The van der Waals surface area contributed by atoms with Gasteiger partial charge in [-0.25, -0.2) is 0 Å². The minimum Gasteiger partial charge on any atom is -0.507 e. The number of carbonyl (C=O) groups excluding carboxylic acids is 2. The summed E-state index contributed by atoms with van der Waals surface area (Å²) >= 11 is 0. The Labute approximate surface area is 111 Å². The Morgan fingerprint density at radius 3 is 2.26 bits per heavy atom. The number of aryl methyl sites for hydroxylation is 1. The van der Waals surface area contributed by atoms with Gasteiger partial charge in [0.25, 0.3) is 0 Å². The number of carbonyl (C=O) groups is 2. The second-order valence-corrected chi connectivity index (χ2v) is 4.79. The topological polar surface area (TPSA) is 72.8 Å². The van der Waals surface area contributed by atoms with E-state index < -0.39 is 17.4 Å². The standard InChI is InChI=1S/C14H16O5/c1-8-4-5-9-6-14(12(16)18-2,13(17)19-3)7-10(9)11(8)15/h4-5,15H,6-7H2,1-3H3. The number of rotatable bonds is 2. The third-order valence-corrected chi connectivity index (χ3v) is 3.70. The predicted molar refractivity (Wildman–Crippen MR) is 66.7 cm³/mol. The van der Waals surface area contributed by atoms with Gasteiger partial charge in [-0.15, -0.1) is 0 Å². The lowest BCUT2D eigenvalue weighted by Gasteiger charge is -2.22. The second kappa shape index (κ2) is 4.57. The van der Waals surface area contributed by atoms with E-state index in [1.807, 2.05) is 6.07 Å². The summed E-state index contributed by atoms with van der Waals surface area (Å²) in [6.45, 7) is 1.77. The molecular weight excluding hydrogens is 248 g/mol. The smallest absolute Gasteiger partial charge is 0.323 e. The molecule has 0 aliphatic heterocycles. The van der Waals surface area contributed by atoms with E-state index in [0.717, 1.165) is 5.56 Å². The number of fused-ring (bicyclic) bond motifs is 1. The SMILES string of the molecule is COC(=O)C1(C(=O)OC)Cc2ccc(C)c(O)c2C1. The van der Waals surface area contributed by atoms with Gasteiger partial charge in [0.2, 0.25) is 0 Å². The third kappa shape index (κ3) is 1.85. The molecule has 0 spiro atoms. The normalized spacial score (nSPS) is 15.7.